The minimum atomic E-state index is -5.22. The predicted octanol–water partition coefficient (Wildman–Crippen LogP) is 2.35. The van der Waals surface area contributed by atoms with Crippen molar-refractivity contribution in [2.24, 2.45) is 5.73 Å². The zero-order valence-electron chi connectivity index (χ0n) is 14.3. The Labute approximate surface area is 154 Å². The minimum absolute atomic E-state index is 0.0649. The monoisotopic (exact) mass is 380 g/mol. The van der Waals surface area contributed by atoms with E-state index in [1.54, 1.807) is 60.7 Å². The SMILES string of the molecule is NC(Cc1ccccc1)[C@H](OC(=O)C(F)(F)F)C(=O)NCc1ccccc1. The summed E-state index contributed by atoms with van der Waals surface area (Å²) in [7, 11) is 0. The van der Waals surface area contributed by atoms with Gasteiger partial charge in [-0.05, 0) is 17.5 Å². The lowest BCUT2D eigenvalue weighted by atomic mass is 10.0. The van der Waals surface area contributed by atoms with Crippen LogP contribution in [0.4, 0.5) is 13.2 Å². The largest absolute Gasteiger partial charge is 0.490 e. The number of halogens is 3. The number of hydrogen-bond acceptors (Lipinski definition) is 4. The van der Waals surface area contributed by atoms with Crippen LogP contribution in [0.1, 0.15) is 11.1 Å². The topological polar surface area (TPSA) is 81.4 Å². The van der Waals surface area contributed by atoms with Gasteiger partial charge in [0.25, 0.3) is 5.91 Å². The van der Waals surface area contributed by atoms with E-state index in [0.717, 1.165) is 5.56 Å². The molecule has 3 N–H and O–H groups in total. The maximum absolute atomic E-state index is 12.6. The molecule has 5 nitrogen and oxygen atoms in total. The van der Waals surface area contributed by atoms with Crippen molar-refractivity contribution in [2.45, 2.75) is 31.3 Å². The number of rotatable bonds is 7. The third-order valence-electron chi connectivity index (χ3n) is 3.74. The highest BCUT2D eigenvalue weighted by Gasteiger charge is 2.44. The molecule has 2 aromatic rings. The summed E-state index contributed by atoms with van der Waals surface area (Å²) in [5.41, 5.74) is 7.35. The van der Waals surface area contributed by atoms with Gasteiger partial charge in [0.2, 0.25) is 0 Å². The first-order valence-electron chi connectivity index (χ1n) is 8.16. The van der Waals surface area contributed by atoms with E-state index in [4.69, 9.17) is 5.73 Å². The lowest BCUT2D eigenvalue weighted by molar-refractivity contribution is -0.206. The number of benzene rings is 2. The van der Waals surface area contributed by atoms with Gasteiger partial charge in [0.05, 0.1) is 6.04 Å². The fourth-order valence-corrected chi connectivity index (χ4v) is 2.40. The third kappa shape index (κ3) is 6.41. The molecule has 2 rings (SSSR count). The predicted molar refractivity (Wildman–Crippen MR) is 92.3 cm³/mol. The van der Waals surface area contributed by atoms with Crippen molar-refractivity contribution in [1.82, 2.24) is 5.32 Å². The number of carbonyl (C=O) groups is 2. The van der Waals surface area contributed by atoms with Crippen LogP contribution in [-0.4, -0.2) is 30.2 Å². The van der Waals surface area contributed by atoms with Gasteiger partial charge in [0, 0.05) is 6.54 Å². The smallest absolute Gasteiger partial charge is 0.444 e. The fraction of sp³-hybridized carbons (Fsp3) is 0.263. The molecular weight excluding hydrogens is 361 g/mol. The zero-order chi connectivity index (χ0) is 19.9. The molecule has 0 fully saturated rings. The molecule has 0 aliphatic rings. The van der Waals surface area contributed by atoms with Gasteiger partial charge in [0.15, 0.2) is 6.10 Å². The molecule has 27 heavy (non-hydrogen) atoms. The van der Waals surface area contributed by atoms with Crippen molar-refractivity contribution in [3.05, 3.63) is 71.8 Å². The van der Waals surface area contributed by atoms with E-state index in [1.165, 1.54) is 0 Å². The Bertz CT molecular complexity index is 752. The minimum Gasteiger partial charge on any atom is -0.444 e. The first-order chi connectivity index (χ1) is 12.8. The zero-order valence-corrected chi connectivity index (χ0v) is 14.3. The molecule has 1 amide bonds. The highest BCUT2D eigenvalue weighted by molar-refractivity contribution is 5.85. The second-order valence-corrected chi connectivity index (χ2v) is 5.88. The Morgan fingerprint density at radius 3 is 2.00 bits per heavy atom. The number of hydrogen-bond donors (Lipinski definition) is 2. The van der Waals surface area contributed by atoms with E-state index in [-0.39, 0.29) is 13.0 Å². The van der Waals surface area contributed by atoms with Gasteiger partial charge < -0.3 is 15.8 Å². The van der Waals surface area contributed by atoms with Crippen molar-refractivity contribution in [2.75, 3.05) is 0 Å². The molecule has 2 atom stereocenters. The van der Waals surface area contributed by atoms with Gasteiger partial charge in [-0.15, -0.1) is 0 Å². The number of nitrogens with one attached hydrogen (secondary N) is 1. The number of carbonyl (C=O) groups excluding carboxylic acids is 2. The molecular formula is C19H19F3N2O3. The van der Waals surface area contributed by atoms with E-state index in [1.807, 2.05) is 0 Å². The first-order valence-corrected chi connectivity index (χ1v) is 8.16. The molecule has 0 aliphatic heterocycles. The molecule has 0 aliphatic carbocycles. The van der Waals surface area contributed by atoms with Gasteiger partial charge in [-0.1, -0.05) is 60.7 Å². The van der Waals surface area contributed by atoms with Crippen molar-refractivity contribution in [3.63, 3.8) is 0 Å². The molecule has 0 saturated carbocycles. The third-order valence-corrected chi connectivity index (χ3v) is 3.74. The summed E-state index contributed by atoms with van der Waals surface area (Å²) < 4.78 is 42.1. The van der Waals surface area contributed by atoms with Crippen LogP contribution in [0, 0.1) is 0 Å². The lowest BCUT2D eigenvalue weighted by Crippen LogP contribution is -2.51. The Morgan fingerprint density at radius 1 is 0.963 bits per heavy atom. The van der Waals surface area contributed by atoms with Crippen LogP contribution in [-0.2, 0) is 27.3 Å². The highest BCUT2D eigenvalue weighted by atomic mass is 19.4. The second-order valence-electron chi connectivity index (χ2n) is 5.88. The molecule has 8 heteroatoms. The molecule has 0 bridgehead atoms. The van der Waals surface area contributed by atoms with Gasteiger partial charge in [-0.25, -0.2) is 4.79 Å². The molecule has 0 saturated heterocycles. The van der Waals surface area contributed by atoms with Gasteiger partial charge in [0.1, 0.15) is 0 Å². The van der Waals surface area contributed by atoms with Crippen LogP contribution in [0.2, 0.25) is 0 Å². The molecule has 0 aromatic heterocycles. The number of amides is 1. The Hall–Kier alpha value is -2.87. The normalized spacial score (nSPS) is 13.5. The standard InChI is InChI=1S/C19H19F3N2O3/c20-19(21,22)18(26)27-16(15(23)11-13-7-3-1-4-8-13)17(25)24-12-14-9-5-2-6-10-14/h1-10,15-16H,11-12,23H2,(H,24,25)/t15?,16-/m0/s1. The first kappa shape index (κ1) is 20.4. The highest BCUT2D eigenvalue weighted by Crippen LogP contribution is 2.19. The van der Waals surface area contributed by atoms with Gasteiger partial charge in [-0.2, -0.15) is 13.2 Å². The fourth-order valence-electron chi connectivity index (χ4n) is 2.40. The molecule has 0 radical (unpaired) electrons. The summed E-state index contributed by atoms with van der Waals surface area (Å²) in [6.45, 7) is 0.0673. The van der Waals surface area contributed by atoms with Crippen molar-refractivity contribution >= 4 is 11.9 Å². The maximum atomic E-state index is 12.6. The maximum Gasteiger partial charge on any atom is 0.490 e. The Balaban J connectivity index is 2.10. The van der Waals surface area contributed by atoms with E-state index < -0.39 is 30.2 Å². The van der Waals surface area contributed by atoms with E-state index in [9.17, 15) is 22.8 Å². The van der Waals surface area contributed by atoms with E-state index >= 15 is 0 Å². The summed E-state index contributed by atoms with van der Waals surface area (Å²) in [6, 6.07) is 16.3. The van der Waals surface area contributed by atoms with Crippen molar-refractivity contribution in [3.8, 4) is 0 Å². The van der Waals surface area contributed by atoms with Gasteiger partial charge >= 0.3 is 12.1 Å². The Morgan fingerprint density at radius 2 is 1.48 bits per heavy atom. The van der Waals surface area contributed by atoms with Crippen LogP contribution in [0.15, 0.2) is 60.7 Å². The molecule has 1 unspecified atom stereocenters. The molecule has 2 aromatic carbocycles. The molecule has 0 spiro atoms. The quantitative estimate of drug-likeness (QED) is 0.723. The summed E-state index contributed by atoms with van der Waals surface area (Å²) in [5, 5.41) is 2.46. The van der Waals surface area contributed by atoms with Crippen LogP contribution in [0.3, 0.4) is 0 Å². The van der Waals surface area contributed by atoms with Crippen LogP contribution < -0.4 is 11.1 Å². The van der Waals surface area contributed by atoms with Crippen molar-refractivity contribution < 1.29 is 27.5 Å². The average Bonchev–Trinajstić information content (AvgIpc) is 2.64. The van der Waals surface area contributed by atoms with E-state index in [0.29, 0.717) is 5.56 Å². The lowest BCUT2D eigenvalue weighted by Gasteiger charge is -2.24. The van der Waals surface area contributed by atoms with Crippen LogP contribution in [0.25, 0.3) is 0 Å². The molecule has 0 heterocycles. The summed E-state index contributed by atoms with van der Waals surface area (Å²) in [4.78, 5) is 23.6. The summed E-state index contributed by atoms with van der Waals surface area (Å²) >= 11 is 0. The summed E-state index contributed by atoms with van der Waals surface area (Å²) in [5.74, 6) is -3.34. The van der Waals surface area contributed by atoms with Crippen LogP contribution in [0.5, 0.6) is 0 Å². The second kappa shape index (κ2) is 9.18. The number of esters is 1. The van der Waals surface area contributed by atoms with Gasteiger partial charge in [-0.3, -0.25) is 4.79 Å². The number of nitrogens with two attached hydrogens (primary N) is 1. The Kier molecular flexibility index (Phi) is 6.95. The average molecular weight is 380 g/mol. The number of alkyl halides is 3. The number of ether oxygens (including phenoxy) is 1. The van der Waals surface area contributed by atoms with Crippen molar-refractivity contribution in [1.29, 1.82) is 0 Å². The van der Waals surface area contributed by atoms with Crippen LogP contribution >= 0.6 is 0 Å². The summed E-state index contributed by atoms with van der Waals surface area (Å²) in [6.07, 6.45) is -6.93. The molecule has 144 valence electrons. The van der Waals surface area contributed by atoms with E-state index in [2.05, 4.69) is 10.1 Å².